The van der Waals surface area contributed by atoms with E-state index in [0.717, 1.165) is 11.1 Å². The monoisotopic (exact) mass is 435 g/mol. The smallest absolute Gasteiger partial charge is 0.251 e. The molecule has 1 N–H and O–H groups in total. The van der Waals surface area contributed by atoms with Crippen LogP contribution in [0.15, 0.2) is 36.4 Å². The van der Waals surface area contributed by atoms with Crippen molar-refractivity contribution in [2.45, 2.75) is 104 Å². The molecule has 0 bridgehead atoms. The molecule has 0 spiro atoms. The van der Waals surface area contributed by atoms with Crippen LogP contribution in [0.1, 0.15) is 106 Å². The van der Waals surface area contributed by atoms with E-state index >= 15 is 0 Å². The van der Waals surface area contributed by atoms with Crippen molar-refractivity contribution in [1.82, 2.24) is 5.32 Å². The van der Waals surface area contributed by atoms with E-state index in [-0.39, 0.29) is 11.4 Å². The van der Waals surface area contributed by atoms with E-state index in [9.17, 15) is 4.79 Å². The Hall–Kier alpha value is -2.13. The average Bonchev–Trinajstić information content (AvgIpc) is 3.37. The molecular formula is C29H41NO2. The van der Waals surface area contributed by atoms with Crippen LogP contribution in [-0.2, 0) is 21.4 Å². The molecule has 3 rings (SSSR count). The van der Waals surface area contributed by atoms with Gasteiger partial charge in [0.1, 0.15) is 0 Å². The molecule has 0 atom stereocenters. The molecule has 0 unspecified atom stereocenters. The van der Waals surface area contributed by atoms with Crippen LogP contribution in [0.4, 0.5) is 0 Å². The van der Waals surface area contributed by atoms with Gasteiger partial charge in [0.25, 0.3) is 5.91 Å². The van der Waals surface area contributed by atoms with E-state index in [1.807, 2.05) is 39.8 Å². The van der Waals surface area contributed by atoms with E-state index in [4.69, 9.17) is 4.74 Å². The van der Waals surface area contributed by atoms with E-state index in [0.29, 0.717) is 11.0 Å². The molecule has 0 heterocycles. The summed E-state index contributed by atoms with van der Waals surface area (Å²) in [4.78, 5) is 12.8. The number of aryl methyl sites for hydroxylation is 2. The largest absolute Gasteiger partial charge is 0.360 e. The van der Waals surface area contributed by atoms with Crippen molar-refractivity contribution < 1.29 is 9.53 Å². The number of carbonyl (C=O) groups is 1. The lowest BCUT2D eigenvalue weighted by molar-refractivity contribution is -0.132. The second kappa shape index (κ2) is 8.02. The quantitative estimate of drug-likeness (QED) is 0.527. The Labute approximate surface area is 195 Å². The van der Waals surface area contributed by atoms with Gasteiger partial charge in [-0.05, 0) is 115 Å². The maximum atomic E-state index is 12.8. The van der Waals surface area contributed by atoms with Gasteiger partial charge in [0.05, 0.1) is 11.2 Å². The van der Waals surface area contributed by atoms with Crippen LogP contribution in [0.2, 0.25) is 0 Å². The molecule has 0 aromatic heterocycles. The SMILES string of the molecule is Cc1cc(C(=O)NC(C)(C)C)cc(C(C)(C)OC(C)(C)c2cc(C)cc(C3(C)CC3)c2)c1. The van der Waals surface area contributed by atoms with Crippen molar-refractivity contribution >= 4 is 5.91 Å². The summed E-state index contributed by atoms with van der Waals surface area (Å²) in [5.74, 6) is -0.0569. The first kappa shape index (κ1) is 24.5. The summed E-state index contributed by atoms with van der Waals surface area (Å²) < 4.78 is 6.80. The molecule has 2 aromatic carbocycles. The topological polar surface area (TPSA) is 38.3 Å². The van der Waals surface area contributed by atoms with Crippen LogP contribution >= 0.6 is 0 Å². The third-order valence-electron chi connectivity index (χ3n) is 6.50. The van der Waals surface area contributed by atoms with Gasteiger partial charge in [-0.2, -0.15) is 0 Å². The fourth-order valence-corrected chi connectivity index (χ4v) is 4.39. The molecule has 1 aliphatic carbocycles. The number of amides is 1. The van der Waals surface area contributed by atoms with Gasteiger partial charge in [0.15, 0.2) is 0 Å². The predicted molar refractivity (Wildman–Crippen MR) is 133 cm³/mol. The highest BCUT2D eigenvalue weighted by atomic mass is 16.5. The van der Waals surface area contributed by atoms with Gasteiger partial charge in [-0.3, -0.25) is 4.79 Å². The fraction of sp³-hybridized carbons (Fsp3) is 0.552. The van der Waals surface area contributed by atoms with Crippen molar-refractivity contribution in [1.29, 1.82) is 0 Å². The van der Waals surface area contributed by atoms with E-state index in [1.165, 1.54) is 29.5 Å². The van der Waals surface area contributed by atoms with Gasteiger partial charge in [0.2, 0.25) is 0 Å². The van der Waals surface area contributed by atoms with Crippen LogP contribution in [0.25, 0.3) is 0 Å². The van der Waals surface area contributed by atoms with Crippen molar-refractivity contribution in [3.63, 3.8) is 0 Å². The van der Waals surface area contributed by atoms with Crippen molar-refractivity contribution in [2.75, 3.05) is 0 Å². The first-order valence-corrected chi connectivity index (χ1v) is 11.8. The summed E-state index contributed by atoms with van der Waals surface area (Å²) in [7, 11) is 0. The highest BCUT2D eigenvalue weighted by molar-refractivity contribution is 5.95. The Morgan fingerprint density at radius 3 is 1.81 bits per heavy atom. The van der Waals surface area contributed by atoms with Gasteiger partial charge in [0, 0.05) is 11.1 Å². The minimum atomic E-state index is -0.570. The third-order valence-corrected chi connectivity index (χ3v) is 6.50. The molecule has 0 aliphatic heterocycles. The minimum Gasteiger partial charge on any atom is -0.360 e. The molecule has 2 aromatic rings. The van der Waals surface area contributed by atoms with Crippen LogP contribution < -0.4 is 5.32 Å². The predicted octanol–water partition coefficient (Wildman–Crippen LogP) is 7.07. The zero-order chi connectivity index (χ0) is 24.1. The van der Waals surface area contributed by atoms with Gasteiger partial charge in [-0.25, -0.2) is 0 Å². The highest BCUT2D eigenvalue weighted by Gasteiger charge is 2.40. The highest BCUT2D eigenvalue weighted by Crippen LogP contribution is 2.49. The summed E-state index contributed by atoms with van der Waals surface area (Å²) in [6.07, 6.45) is 2.51. The number of hydrogen-bond acceptors (Lipinski definition) is 2. The summed E-state index contributed by atoms with van der Waals surface area (Å²) in [5.41, 5.74) is 5.61. The van der Waals surface area contributed by atoms with Gasteiger partial charge >= 0.3 is 0 Å². The number of hydrogen-bond donors (Lipinski definition) is 1. The maximum Gasteiger partial charge on any atom is 0.251 e. The normalized spacial score (nSPS) is 16.1. The Balaban J connectivity index is 1.91. The van der Waals surface area contributed by atoms with Crippen LogP contribution in [-0.4, -0.2) is 11.4 Å². The summed E-state index contributed by atoms with van der Waals surface area (Å²) in [6.45, 7) is 21.0. The van der Waals surface area contributed by atoms with Crippen molar-refractivity contribution in [3.05, 3.63) is 69.8 Å². The standard InChI is InChI=1S/C29H41NO2/c1-19-13-21(25(31)30-26(3,4)5)17-22(14-19)27(6,7)32-28(8,9)23-15-20(2)16-24(18-23)29(10)11-12-29/h13-18H,11-12H2,1-10H3,(H,30,31). The summed E-state index contributed by atoms with van der Waals surface area (Å²) in [6, 6.07) is 12.9. The number of nitrogens with one attached hydrogen (secondary N) is 1. The molecule has 174 valence electrons. The van der Waals surface area contributed by atoms with Crippen molar-refractivity contribution in [3.8, 4) is 0 Å². The summed E-state index contributed by atoms with van der Waals surface area (Å²) >= 11 is 0. The van der Waals surface area contributed by atoms with Crippen LogP contribution in [0.5, 0.6) is 0 Å². The van der Waals surface area contributed by atoms with Crippen LogP contribution in [0.3, 0.4) is 0 Å². The fourth-order valence-electron chi connectivity index (χ4n) is 4.39. The number of ether oxygens (including phenoxy) is 1. The molecule has 3 heteroatoms. The second-order valence-electron chi connectivity index (χ2n) is 12.1. The molecule has 1 amide bonds. The third kappa shape index (κ3) is 5.61. The van der Waals surface area contributed by atoms with Gasteiger partial charge < -0.3 is 10.1 Å². The molecule has 1 saturated carbocycles. The van der Waals surface area contributed by atoms with Gasteiger partial charge in [-0.1, -0.05) is 36.8 Å². The first-order chi connectivity index (χ1) is 14.5. The van der Waals surface area contributed by atoms with Gasteiger partial charge in [-0.15, -0.1) is 0 Å². The van der Waals surface area contributed by atoms with E-state index in [2.05, 4.69) is 71.1 Å². The van der Waals surface area contributed by atoms with E-state index in [1.54, 1.807) is 0 Å². The zero-order valence-corrected chi connectivity index (χ0v) is 21.7. The van der Waals surface area contributed by atoms with Crippen molar-refractivity contribution in [2.24, 2.45) is 0 Å². The Morgan fingerprint density at radius 2 is 1.31 bits per heavy atom. The molecule has 1 aliphatic rings. The lowest BCUT2D eigenvalue weighted by Crippen LogP contribution is -2.40. The minimum absolute atomic E-state index is 0.0569. The number of rotatable bonds is 6. The molecule has 32 heavy (non-hydrogen) atoms. The Kier molecular flexibility index (Phi) is 6.14. The lowest BCUT2D eigenvalue weighted by Gasteiger charge is -2.38. The summed E-state index contributed by atoms with van der Waals surface area (Å²) in [5, 5.41) is 3.07. The molecule has 3 nitrogen and oxygen atoms in total. The molecule has 0 saturated heterocycles. The maximum absolute atomic E-state index is 12.8. The van der Waals surface area contributed by atoms with E-state index < -0.39 is 11.2 Å². The molecular weight excluding hydrogens is 394 g/mol. The number of benzene rings is 2. The van der Waals surface area contributed by atoms with Crippen LogP contribution in [0, 0.1) is 13.8 Å². The lowest BCUT2D eigenvalue weighted by atomic mass is 9.87. The first-order valence-electron chi connectivity index (χ1n) is 11.8. The zero-order valence-electron chi connectivity index (χ0n) is 21.7. The Bertz CT molecular complexity index is 1020. The Morgan fingerprint density at radius 1 is 0.812 bits per heavy atom. The average molecular weight is 436 g/mol. The molecule has 1 fully saturated rings. The number of carbonyl (C=O) groups excluding carboxylic acids is 1. The molecule has 0 radical (unpaired) electrons. The second-order valence-corrected chi connectivity index (χ2v) is 12.1.